The van der Waals surface area contributed by atoms with E-state index in [4.69, 9.17) is 11.6 Å². The highest BCUT2D eigenvalue weighted by atomic mass is 35.5. The molecule has 7 heteroatoms. The topological polar surface area (TPSA) is 80.0 Å². The lowest BCUT2D eigenvalue weighted by molar-refractivity contribution is 1.09. The van der Waals surface area contributed by atoms with Gasteiger partial charge >= 0.3 is 0 Å². The number of aromatic amines is 1. The molecule has 0 amide bonds. The average Bonchev–Trinajstić information content (AvgIpc) is 3.36. The molecule has 0 saturated carbocycles. The molecule has 2 aromatic heterocycles. The van der Waals surface area contributed by atoms with Crippen molar-refractivity contribution in [3.8, 4) is 10.7 Å². The number of aliphatic imine (C=N–C) groups is 1. The summed E-state index contributed by atoms with van der Waals surface area (Å²) >= 11 is 7.65. The minimum atomic E-state index is 0.737. The number of aromatic nitrogens is 3. The third kappa shape index (κ3) is 5.47. The number of nitrogens with zero attached hydrogens (tertiary/aromatic N) is 3. The van der Waals surface area contributed by atoms with Gasteiger partial charge in [0, 0.05) is 23.2 Å². The van der Waals surface area contributed by atoms with Crippen molar-refractivity contribution in [2.45, 2.75) is 6.42 Å². The zero-order valence-electron chi connectivity index (χ0n) is 15.3. The number of allylic oxidation sites excluding steroid dienone is 3. The van der Waals surface area contributed by atoms with E-state index < -0.39 is 0 Å². The molecule has 0 aliphatic carbocycles. The molecule has 27 heavy (non-hydrogen) atoms. The number of halogens is 1. The lowest BCUT2D eigenvalue weighted by Crippen LogP contribution is -1.89. The van der Waals surface area contributed by atoms with Crippen LogP contribution in [0.5, 0.6) is 0 Å². The van der Waals surface area contributed by atoms with E-state index >= 15 is 0 Å². The van der Waals surface area contributed by atoms with Crippen molar-refractivity contribution < 1.29 is 0 Å². The fourth-order valence-electron chi connectivity index (χ4n) is 2.45. The molecule has 1 aromatic carbocycles. The van der Waals surface area contributed by atoms with Crippen LogP contribution in [0.1, 0.15) is 16.0 Å². The fraction of sp³-hybridized carbons (Fsp3) is 0.150. The monoisotopic (exact) mass is 399 g/mol. The molecule has 0 spiro atoms. The Kier molecular flexibility index (Phi) is 8.13. The van der Waals surface area contributed by atoms with Crippen LogP contribution in [0.2, 0.25) is 5.02 Å². The van der Waals surface area contributed by atoms with Crippen LogP contribution >= 0.6 is 22.9 Å². The second-order valence-corrected chi connectivity index (χ2v) is 6.82. The molecule has 0 unspecified atom stereocenters. The second-order valence-electron chi connectivity index (χ2n) is 5.34. The van der Waals surface area contributed by atoms with Crippen molar-refractivity contribution in [2.75, 3.05) is 14.1 Å². The second kappa shape index (κ2) is 10.6. The zero-order chi connectivity index (χ0) is 19.6. The number of H-pyrrole nitrogens is 1. The van der Waals surface area contributed by atoms with Crippen molar-refractivity contribution in [3.05, 3.63) is 76.4 Å². The quantitative estimate of drug-likeness (QED) is 0.468. The van der Waals surface area contributed by atoms with Crippen LogP contribution in [0.25, 0.3) is 16.3 Å². The maximum Gasteiger partial charge on any atom is 0.165 e. The third-order valence-electron chi connectivity index (χ3n) is 3.65. The van der Waals surface area contributed by atoms with Crippen LogP contribution in [0.15, 0.2) is 60.4 Å². The van der Waals surface area contributed by atoms with E-state index in [1.54, 1.807) is 24.6 Å². The molecule has 0 fully saturated rings. The lowest BCUT2D eigenvalue weighted by atomic mass is 10.0. The molecule has 0 bridgehead atoms. The van der Waals surface area contributed by atoms with Gasteiger partial charge in [0.25, 0.3) is 0 Å². The Morgan fingerprint density at radius 1 is 1.33 bits per heavy atom. The number of benzene rings is 1. The summed E-state index contributed by atoms with van der Waals surface area (Å²) in [5, 5.41) is 7.68. The van der Waals surface area contributed by atoms with Crippen molar-refractivity contribution >= 4 is 34.7 Å². The van der Waals surface area contributed by atoms with E-state index in [0.29, 0.717) is 0 Å². The molecule has 0 aliphatic rings. The minimum Gasteiger partial charge on any atom is -0.333 e. The Hall–Kier alpha value is -2.54. The number of nitrogens with two attached hydrogens (primary N) is 1. The van der Waals surface area contributed by atoms with Gasteiger partial charge in [-0.2, -0.15) is 5.10 Å². The molecule has 2 heterocycles. The Bertz CT molecular complexity index is 909. The molecule has 3 rings (SSSR count). The van der Waals surface area contributed by atoms with Gasteiger partial charge < -0.3 is 5.73 Å². The van der Waals surface area contributed by atoms with Gasteiger partial charge in [-0.15, -0.1) is 11.3 Å². The highest BCUT2D eigenvalue weighted by molar-refractivity contribution is 7.16. The van der Waals surface area contributed by atoms with Crippen LogP contribution in [0.4, 0.5) is 0 Å². The van der Waals surface area contributed by atoms with Crippen LogP contribution in [0, 0.1) is 0 Å². The van der Waals surface area contributed by atoms with E-state index in [0.717, 1.165) is 32.6 Å². The largest absolute Gasteiger partial charge is 0.333 e. The van der Waals surface area contributed by atoms with E-state index in [1.807, 2.05) is 36.4 Å². The Morgan fingerprint density at radius 3 is 2.67 bits per heavy atom. The first-order valence-corrected chi connectivity index (χ1v) is 9.46. The summed E-state index contributed by atoms with van der Waals surface area (Å²) in [5.74, 6) is 0.771. The van der Waals surface area contributed by atoms with Gasteiger partial charge in [0.2, 0.25) is 0 Å². The average molecular weight is 400 g/mol. The van der Waals surface area contributed by atoms with E-state index in [2.05, 4.69) is 38.6 Å². The smallest absolute Gasteiger partial charge is 0.165 e. The molecule has 0 saturated heterocycles. The summed E-state index contributed by atoms with van der Waals surface area (Å²) in [6.07, 6.45) is 7.87. The molecule has 5 nitrogen and oxygen atoms in total. The Labute approximate surface area is 168 Å². The van der Waals surface area contributed by atoms with Crippen molar-refractivity contribution in [2.24, 2.45) is 10.7 Å². The van der Waals surface area contributed by atoms with Gasteiger partial charge in [0.05, 0.1) is 4.88 Å². The SMILES string of the molecule is C=C/C(=C\C=NC)c1cc(Cc2ccc(Cl)cc2)c(-c2ncn[nH]2)s1.CN. The Balaban J connectivity index is 0.00000126. The van der Waals surface area contributed by atoms with Crippen molar-refractivity contribution in [1.29, 1.82) is 0 Å². The third-order valence-corrected chi connectivity index (χ3v) is 5.14. The number of hydrogen-bond donors (Lipinski definition) is 2. The summed E-state index contributed by atoms with van der Waals surface area (Å²) in [5.41, 5.74) is 7.90. The molecule has 3 N–H and O–H groups in total. The normalized spacial score (nSPS) is 11.3. The summed E-state index contributed by atoms with van der Waals surface area (Å²) in [7, 11) is 3.25. The fourth-order valence-corrected chi connectivity index (χ4v) is 3.72. The molecular weight excluding hydrogens is 378 g/mol. The molecular formula is C20H22ClN5S. The predicted octanol–water partition coefficient (Wildman–Crippen LogP) is 4.62. The van der Waals surface area contributed by atoms with Gasteiger partial charge in [-0.05, 0) is 54.4 Å². The number of hydrogen-bond acceptors (Lipinski definition) is 5. The number of thiophene rings is 1. The Morgan fingerprint density at radius 2 is 2.07 bits per heavy atom. The van der Waals surface area contributed by atoms with Crippen LogP contribution in [0.3, 0.4) is 0 Å². The van der Waals surface area contributed by atoms with Crippen LogP contribution in [-0.4, -0.2) is 35.5 Å². The van der Waals surface area contributed by atoms with E-state index in [9.17, 15) is 0 Å². The molecule has 140 valence electrons. The van der Waals surface area contributed by atoms with Crippen molar-refractivity contribution in [1.82, 2.24) is 15.2 Å². The summed E-state index contributed by atoms with van der Waals surface area (Å²) < 4.78 is 0. The lowest BCUT2D eigenvalue weighted by Gasteiger charge is -2.02. The first kappa shape index (κ1) is 20.8. The van der Waals surface area contributed by atoms with Crippen molar-refractivity contribution in [3.63, 3.8) is 0 Å². The first-order chi connectivity index (χ1) is 13.2. The molecule has 0 radical (unpaired) electrons. The van der Waals surface area contributed by atoms with Gasteiger partial charge in [0.1, 0.15) is 6.33 Å². The number of rotatable bonds is 6. The highest BCUT2D eigenvalue weighted by Gasteiger charge is 2.15. The first-order valence-electron chi connectivity index (χ1n) is 8.27. The maximum atomic E-state index is 5.99. The number of nitrogens with one attached hydrogen (secondary N) is 1. The van der Waals surface area contributed by atoms with Gasteiger partial charge in [-0.3, -0.25) is 10.1 Å². The van der Waals surface area contributed by atoms with E-state index in [-0.39, 0.29) is 0 Å². The van der Waals surface area contributed by atoms with E-state index in [1.165, 1.54) is 24.5 Å². The van der Waals surface area contributed by atoms with Gasteiger partial charge in [0.15, 0.2) is 5.82 Å². The predicted molar refractivity (Wildman–Crippen MR) is 117 cm³/mol. The zero-order valence-corrected chi connectivity index (χ0v) is 16.9. The molecule has 0 atom stereocenters. The summed E-state index contributed by atoms with van der Waals surface area (Å²) in [6, 6.07) is 10.1. The summed E-state index contributed by atoms with van der Waals surface area (Å²) in [4.78, 5) is 10.5. The van der Waals surface area contributed by atoms with Crippen LogP contribution < -0.4 is 5.73 Å². The summed E-state index contributed by atoms with van der Waals surface area (Å²) in [6.45, 7) is 3.91. The molecule has 3 aromatic rings. The standard InChI is InChI=1S/C19H17ClN4S.CH5N/c1-3-14(8-9-21-2)17-11-15(10-13-4-6-16(20)7-5-13)18(25-17)19-22-12-23-24-19;1-2/h3-9,11-12H,1,10H2,2H3,(H,22,23,24);2H2,1H3/b14-8+,21-9?;. The minimum absolute atomic E-state index is 0.737. The highest BCUT2D eigenvalue weighted by Crippen LogP contribution is 2.36. The van der Waals surface area contributed by atoms with Crippen LogP contribution in [-0.2, 0) is 6.42 Å². The van der Waals surface area contributed by atoms with Gasteiger partial charge in [-0.25, -0.2) is 4.98 Å². The maximum absolute atomic E-state index is 5.99. The van der Waals surface area contributed by atoms with Gasteiger partial charge in [-0.1, -0.05) is 36.4 Å². The molecule has 0 aliphatic heterocycles.